The molecule has 1 heterocycles. The molecule has 0 radical (unpaired) electrons. The van der Waals surface area contributed by atoms with Gasteiger partial charge in [0, 0.05) is 17.5 Å². The van der Waals surface area contributed by atoms with Crippen LogP contribution in [0.25, 0.3) is 0 Å². The van der Waals surface area contributed by atoms with Gasteiger partial charge in [0.15, 0.2) is 0 Å². The van der Waals surface area contributed by atoms with Gasteiger partial charge >= 0.3 is 5.97 Å². The van der Waals surface area contributed by atoms with Crippen LogP contribution in [-0.2, 0) is 6.42 Å². The maximum atomic E-state index is 11.7. The fourth-order valence-corrected chi connectivity index (χ4v) is 1.92. The zero-order valence-electron chi connectivity index (χ0n) is 7.99. The molecule has 3 N–H and O–H groups in total. The van der Waals surface area contributed by atoms with Gasteiger partial charge in [-0.15, -0.1) is 0 Å². The Hall–Kier alpha value is -1.62. The second-order valence-electron chi connectivity index (χ2n) is 3.64. The van der Waals surface area contributed by atoms with E-state index < -0.39 is 17.5 Å². The molecule has 5 heteroatoms. The number of hydrogen-bond donors (Lipinski definition) is 3. The van der Waals surface area contributed by atoms with Gasteiger partial charge in [-0.1, -0.05) is 0 Å². The number of pyridine rings is 1. The van der Waals surface area contributed by atoms with Crippen molar-refractivity contribution in [2.24, 2.45) is 0 Å². The van der Waals surface area contributed by atoms with Crippen molar-refractivity contribution in [2.45, 2.75) is 25.4 Å². The predicted octanol–water partition coefficient (Wildman–Crippen LogP) is 0.443. The van der Waals surface area contributed by atoms with Crippen molar-refractivity contribution < 1.29 is 15.0 Å². The van der Waals surface area contributed by atoms with Crippen LogP contribution in [-0.4, -0.2) is 21.2 Å². The number of aromatic nitrogens is 1. The quantitative estimate of drug-likeness (QED) is 0.626. The number of hydrogen-bond acceptors (Lipinski definition) is 3. The molecule has 1 atom stereocenters. The summed E-state index contributed by atoms with van der Waals surface area (Å²) in [6.45, 7) is 0. The SMILES string of the molecule is O=C(O)c1c[nH]c2c(c1=O)C(O)CCC2. The highest BCUT2D eigenvalue weighted by molar-refractivity contribution is 5.87. The molecular formula is C10H11NO4. The van der Waals surface area contributed by atoms with Crippen LogP contribution in [0, 0.1) is 0 Å². The first-order valence-electron chi connectivity index (χ1n) is 4.77. The van der Waals surface area contributed by atoms with Crippen molar-refractivity contribution >= 4 is 5.97 Å². The molecule has 1 aliphatic carbocycles. The summed E-state index contributed by atoms with van der Waals surface area (Å²) in [6, 6.07) is 0. The van der Waals surface area contributed by atoms with E-state index in [-0.39, 0.29) is 11.1 Å². The molecule has 80 valence electrons. The number of aryl methyl sites for hydroxylation is 1. The smallest absolute Gasteiger partial charge is 0.341 e. The number of aromatic carboxylic acids is 1. The third-order valence-corrected chi connectivity index (χ3v) is 2.67. The fourth-order valence-electron chi connectivity index (χ4n) is 1.92. The molecule has 0 aromatic carbocycles. The van der Waals surface area contributed by atoms with Crippen molar-refractivity contribution in [2.75, 3.05) is 0 Å². The number of carboxylic acid groups (broad SMARTS) is 1. The molecule has 0 amide bonds. The Morgan fingerprint density at radius 1 is 1.53 bits per heavy atom. The first kappa shape index (κ1) is 9.92. The summed E-state index contributed by atoms with van der Waals surface area (Å²) < 4.78 is 0. The predicted molar refractivity (Wildman–Crippen MR) is 51.9 cm³/mol. The van der Waals surface area contributed by atoms with Gasteiger partial charge in [-0.3, -0.25) is 4.79 Å². The molecular weight excluding hydrogens is 198 g/mol. The first-order chi connectivity index (χ1) is 7.11. The first-order valence-corrected chi connectivity index (χ1v) is 4.77. The van der Waals surface area contributed by atoms with Crippen molar-refractivity contribution in [1.82, 2.24) is 4.98 Å². The molecule has 2 rings (SSSR count). The third kappa shape index (κ3) is 1.55. The lowest BCUT2D eigenvalue weighted by Gasteiger charge is -2.20. The van der Waals surface area contributed by atoms with E-state index in [1.54, 1.807) is 0 Å². The summed E-state index contributed by atoms with van der Waals surface area (Å²) in [5, 5.41) is 18.4. The maximum absolute atomic E-state index is 11.7. The zero-order chi connectivity index (χ0) is 11.0. The van der Waals surface area contributed by atoms with E-state index in [9.17, 15) is 14.7 Å². The molecule has 15 heavy (non-hydrogen) atoms. The van der Waals surface area contributed by atoms with Crippen LogP contribution >= 0.6 is 0 Å². The van der Waals surface area contributed by atoms with Gasteiger partial charge in [0.1, 0.15) is 5.56 Å². The Balaban J connectivity index is 2.65. The van der Waals surface area contributed by atoms with E-state index in [4.69, 9.17) is 5.11 Å². The second-order valence-corrected chi connectivity index (χ2v) is 3.64. The molecule has 0 fully saturated rings. The summed E-state index contributed by atoms with van der Waals surface area (Å²) in [5.74, 6) is -1.27. The number of H-pyrrole nitrogens is 1. The van der Waals surface area contributed by atoms with E-state index in [1.165, 1.54) is 6.20 Å². The molecule has 5 nitrogen and oxygen atoms in total. The van der Waals surface area contributed by atoms with Crippen molar-refractivity contribution in [1.29, 1.82) is 0 Å². The minimum Gasteiger partial charge on any atom is -0.477 e. The standard InChI is InChI=1S/C10H11NO4/c12-7-3-1-2-6-8(7)9(13)5(4-11-6)10(14)15/h4,7,12H,1-3H2,(H,11,13)(H,14,15). The van der Waals surface area contributed by atoms with Gasteiger partial charge in [0.05, 0.1) is 6.10 Å². The van der Waals surface area contributed by atoms with Crippen molar-refractivity contribution in [3.05, 3.63) is 33.2 Å². The number of carboxylic acids is 1. The van der Waals surface area contributed by atoms with Crippen LogP contribution in [0.1, 0.15) is 40.6 Å². The highest BCUT2D eigenvalue weighted by Crippen LogP contribution is 2.25. The number of nitrogens with one attached hydrogen (secondary N) is 1. The van der Waals surface area contributed by atoms with Gasteiger partial charge in [-0.2, -0.15) is 0 Å². The third-order valence-electron chi connectivity index (χ3n) is 2.67. The average molecular weight is 209 g/mol. The Morgan fingerprint density at radius 2 is 2.27 bits per heavy atom. The van der Waals surface area contributed by atoms with Crippen LogP contribution in [0.5, 0.6) is 0 Å². The summed E-state index contributed by atoms with van der Waals surface area (Å²) >= 11 is 0. The van der Waals surface area contributed by atoms with Crippen LogP contribution in [0.4, 0.5) is 0 Å². The number of aliphatic hydroxyl groups excluding tert-OH is 1. The topological polar surface area (TPSA) is 90.4 Å². The molecule has 1 unspecified atom stereocenters. The normalized spacial score (nSPS) is 19.7. The minimum atomic E-state index is -1.27. The van der Waals surface area contributed by atoms with Gasteiger partial charge in [0.25, 0.3) is 0 Å². The molecule has 0 aliphatic heterocycles. The van der Waals surface area contributed by atoms with E-state index >= 15 is 0 Å². The summed E-state index contributed by atoms with van der Waals surface area (Å²) in [5.41, 5.74) is 0.00282. The van der Waals surface area contributed by atoms with Gasteiger partial charge in [-0.25, -0.2) is 4.79 Å². The minimum absolute atomic E-state index is 0.223. The average Bonchev–Trinajstić information content (AvgIpc) is 2.17. The van der Waals surface area contributed by atoms with E-state index in [0.29, 0.717) is 18.5 Å². The van der Waals surface area contributed by atoms with Crippen LogP contribution in [0.15, 0.2) is 11.0 Å². The van der Waals surface area contributed by atoms with E-state index in [2.05, 4.69) is 4.98 Å². The molecule has 1 aromatic heterocycles. The largest absolute Gasteiger partial charge is 0.477 e. The Kier molecular flexibility index (Phi) is 2.32. The molecule has 1 aromatic rings. The monoisotopic (exact) mass is 209 g/mol. The van der Waals surface area contributed by atoms with Crippen LogP contribution < -0.4 is 5.43 Å². The second kappa shape index (κ2) is 3.51. The summed E-state index contributed by atoms with van der Waals surface area (Å²) in [7, 11) is 0. The van der Waals surface area contributed by atoms with Gasteiger partial charge in [-0.05, 0) is 19.3 Å². The van der Waals surface area contributed by atoms with Crippen LogP contribution in [0.3, 0.4) is 0 Å². The lowest BCUT2D eigenvalue weighted by molar-refractivity contribution is 0.0694. The zero-order valence-corrected chi connectivity index (χ0v) is 7.99. The van der Waals surface area contributed by atoms with Crippen LogP contribution in [0.2, 0.25) is 0 Å². The van der Waals surface area contributed by atoms with E-state index in [1.807, 2.05) is 0 Å². The van der Waals surface area contributed by atoms with Gasteiger partial charge < -0.3 is 15.2 Å². The van der Waals surface area contributed by atoms with Gasteiger partial charge in [0.2, 0.25) is 5.43 Å². The highest BCUT2D eigenvalue weighted by Gasteiger charge is 2.24. The van der Waals surface area contributed by atoms with Crippen molar-refractivity contribution in [3.8, 4) is 0 Å². The fraction of sp³-hybridized carbons (Fsp3) is 0.400. The highest BCUT2D eigenvalue weighted by atomic mass is 16.4. The molecule has 0 saturated heterocycles. The number of rotatable bonds is 1. The van der Waals surface area contributed by atoms with Crippen molar-refractivity contribution in [3.63, 3.8) is 0 Å². The lowest BCUT2D eigenvalue weighted by Crippen LogP contribution is -2.26. The molecule has 0 saturated carbocycles. The Bertz CT molecular complexity index is 463. The number of aromatic amines is 1. The Morgan fingerprint density at radius 3 is 2.93 bits per heavy atom. The number of fused-ring (bicyclic) bond motifs is 1. The molecule has 0 bridgehead atoms. The maximum Gasteiger partial charge on any atom is 0.341 e. The Labute approximate surface area is 85.4 Å². The number of carbonyl (C=O) groups is 1. The summed E-state index contributed by atoms with van der Waals surface area (Å²) in [6.07, 6.45) is 2.36. The molecule has 0 spiro atoms. The molecule has 1 aliphatic rings. The summed E-state index contributed by atoms with van der Waals surface area (Å²) in [4.78, 5) is 25.2. The lowest BCUT2D eigenvalue weighted by atomic mass is 9.92. The number of aliphatic hydroxyl groups is 1. The van der Waals surface area contributed by atoms with E-state index in [0.717, 1.165) is 6.42 Å².